The minimum Gasteiger partial charge on any atom is -0.497 e. The normalized spacial score (nSPS) is 9.81. The van der Waals surface area contributed by atoms with Gasteiger partial charge < -0.3 is 9.30 Å². The van der Waals surface area contributed by atoms with Crippen molar-refractivity contribution in [1.29, 1.82) is 5.26 Å². The van der Waals surface area contributed by atoms with Crippen LogP contribution in [-0.2, 0) is 7.05 Å². The Bertz CT molecular complexity index is 552. The molecule has 1 heterocycles. The molecule has 0 saturated carbocycles. The van der Waals surface area contributed by atoms with E-state index in [1.807, 2.05) is 41.9 Å². The first-order chi connectivity index (χ1) is 7.74. The lowest BCUT2D eigenvalue weighted by atomic mass is 10.2. The summed E-state index contributed by atoms with van der Waals surface area (Å²) in [6.07, 6.45) is 1.70. The summed E-state index contributed by atoms with van der Waals surface area (Å²) >= 11 is 0. The fourth-order valence-electron chi connectivity index (χ4n) is 1.55. The maximum atomic E-state index is 8.77. The monoisotopic (exact) mass is 213 g/mol. The molecule has 0 bridgehead atoms. The van der Waals surface area contributed by atoms with Crippen LogP contribution in [0.5, 0.6) is 5.75 Å². The summed E-state index contributed by atoms with van der Waals surface area (Å²) in [4.78, 5) is 4.22. The third kappa shape index (κ3) is 1.75. The maximum Gasteiger partial charge on any atom is 0.159 e. The Morgan fingerprint density at radius 2 is 2.25 bits per heavy atom. The number of hydrogen-bond donors (Lipinski definition) is 0. The molecular weight excluding hydrogens is 202 g/mol. The number of methoxy groups -OCH3 is 1. The van der Waals surface area contributed by atoms with Gasteiger partial charge in [0, 0.05) is 18.8 Å². The van der Waals surface area contributed by atoms with Crippen molar-refractivity contribution >= 4 is 0 Å². The SMILES string of the molecule is COc1cccc(-c2nc(C#N)cn2C)c1. The predicted octanol–water partition coefficient (Wildman–Crippen LogP) is 1.97. The number of benzene rings is 1. The van der Waals surface area contributed by atoms with Gasteiger partial charge in [0.2, 0.25) is 0 Å². The van der Waals surface area contributed by atoms with Crippen LogP contribution >= 0.6 is 0 Å². The number of nitriles is 1. The molecule has 0 aliphatic carbocycles. The molecular formula is C12H11N3O. The van der Waals surface area contributed by atoms with E-state index in [2.05, 4.69) is 4.98 Å². The molecule has 1 aromatic heterocycles. The van der Waals surface area contributed by atoms with Crippen molar-refractivity contribution in [2.75, 3.05) is 7.11 Å². The molecule has 0 spiro atoms. The number of hydrogen-bond acceptors (Lipinski definition) is 3. The standard InChI is InChI=1S/C12H11N3O/c1-15-8-10(7-13)14-12(15)9-4-3-5-11(6-9)16-2/h3-6,8H,1-2H3. The van der Waals surface area contributed by atoms with Crippen LogP contribution in [-0.4, -0.2) is 16.7 Å². The van der Waals surface area contributed by atoms with Gasteiger partial charge >= 0.3 is 0 Å². The second-order valence-corrected chi connectivity index (χ2v) is 3.40. The van der Waals surface area contributed by atoms with Crippen molar-refractivity contribution in [3.05, 3.63) is 36.2 Å². The Balaban J connectivity index is 2.50. The third-order valence-corrected chi connectivity index (χ3v) is 2.32. The molecule has 0 radical (unpaired) electrons. The van der Waals surface area contributed by atoms with Gasteiger partial charge in [0.15, 0.2) is 5.69 Å². The van der Waals surface area contributed by atoms with E-state index < -0.39 is 0 Å². The lowest BCUT2D eigenvalue weighted by Crippen LogP contribution is -1.91. The summed E-state index contributed by atoms with van der Waals surface area (Å²) in [6.45, 7) is 0. The van der Waals surface area contributed by atoms with E-state index in [0.29, 0.717) is 5.69 Å². The molecule has 0 fully saturated rings. The van der Waals surface area contributed by atoms with Crippen molar-refractivity contribution in [3.63, 3.8) is 0 Å². The molecule has 80 valence electrons. The van der Waals surface area contributed by atoms with Gasteiger partial charge in [-0.15, -0.1) is 0 Å². The van der Waals surface area contributed by atoms with Gasteiger partial charge in [-0.1, -0.05) is 12.1 Å². The van der Waals surface area contributed by atoms with Gasteiger partial charge in [0.05, 0.1) is 7.11 Å². The molecule has 0 unspecified atom stereocenters. The molecule has 2 rings (SSSR count). The molecule has 0 saturated heterocycles. The van der Waals surface area contributed by atoms with Crippen molar-refractivity contribution in [3.8, 4) is 23.2 Å². The summed E-state index contributed by atoms with van der Waals surface area (Å²) < 4.78 is 6.97. The van der Waals surface area contributed by atoms with Crippen LogP contribution in [0.25, 0.3) is 11.4 Å². The van der Waals surface area contributed by atoms with Gasteiger partial charge in [-0.3, -0.25) is 0 Å². The number of aromatic nitrogens is 2. The van der Waals surface area contributed by atoms with Gasteiger partial charge in [-0.25, -0.2) is 4.98 Å². The second kappa shape index (κ2) is 4.07. The van der Waals surface area contributed by atoms with Crippen molar-refractivity contribution in [1.82, 2.24) is 9.55 Å². The van der Waals surface area contributed by atoms with Crippen molar-refractivity contribution in [2.24, 2.45) is 7.05 Å². The molecule has 0 atom stereocenters. The fourth-order valence-corrected chi connectivity index (χ4v) is 1.55. The summed E-state index contributed by atoms with van der Waals surface area (Å²) in [5.41, 5.74) is 1.35. The van der Waals surface area contributed by atoms with Crippen LogP contribution < -0.4 is 4.74 Å². The quantitative estimate of drug-likeness (QED) is 0.766. The summed E-state index contributed by atoms with van der Waals surface area (Å²) in [5.74, 6) is 1.54. The van der Waals surface area contributed by atoms with Gasteiger partial charge in [-0.2, -0.15) is 5.26 Å². The molecule has 4 heteroatoms. The van der Waals surface area contributed by atoms with E-state index in [9.17, 15) is 0 Å². The van der Waals surface area contributed by atoms with E-state index in [1.54, 1.807) is 13.3 Å². The number of imidazole rings is 1. The maximum absolute atomic E-state index is 8.77. The Morgan fingerprint density at radius 3 is 2.88 bits per heavy atom. The molecule has 4 nitrogen and oxygen atoms in total. The van der Waals surface area contributed by atoms with Crippen LogP contribution in [0.1, 0.15) is 5.69 Å². The third-order valence-electron chi connectivity index (χ3n) is 2.32. The van der Waals surface area contributed by atoms with E-state index in [-0.39, 0.29) is 0 Å². The highest BCUT2D eigenvalue weighted by atomic mass is 16.5. The lowest BCUT2D eigenvalue weighted by molar-refractivity contribution is 0.415. The fraction of sp³-hybridized carbons (Fsp3) is 0.167. The van der Waals surface area contributed by atoms with Crippen LogP contribution in [0.2, 0.25) is 0 Å². The first-order valence-electron chi connectivity index (χ1n) is 4.82. The van der Waals surface area contributed by atoms with Gasteiger partial charge in [-0.05, 0) is 12.1 Å². The predicted molar refractivity (Wildman–Crippen MR) is 59.9 cm³/mol. The average Bonchev–Trinajstić information content (AvgIpc) is 2.71. The summed E-state index contributed by atoms with van der Waals surface area (Å²) in [5, 5.41) is 8.77. The van der Waals surface area contributed by atoms with E-state index in [0.717, 1.165) is 17.1 Å². The second-order valence-electron chi connectivity index (χ2n) is 3.40. The Labute approximate surface area is 93.7 Å². The molecule has 0 aliphatic heterocycles. The van der Waals surface area contributed by atoms with E-state index >= 15 is 0 Å². The first kappa shape index (κ1) is 10.2. The highest BCUT2D eigenvalue weighted by Gasteiger charge is 2.07. The summed E-state index contributed by atoms with van der Waals surface area (Å²) in [6, 6.07) is 9.62. The lowest BCUT2D eigenvalue weighted by Gasteiger charge is -2.03. The Morgan fingerprint density at radius 1 is 1.44 bits per heavy atom. The van der Waals surface area contributed by atoms with Crippen LogP contribution in [0.3, 0.4) is 0 Å². The Kier molecular flexibility index (Phi) is 2.61. The average molecular weight is 213 g/mol. The van der Waals surface area contributed by atoms with Crippen molar-refractivity contribution < 1.29 is 4.74 Å². The Hall–Kier alpha value is -2.28. The van der Waals surface area contributed by atoms with Crippen LogP contribution in [0.4, 0.5) is 0 Å². The van der Waals surface area contributed by atoms with E-state index in [4.69, 9.17) is 10.00 Å². The van der Waals surface area contributed by atoms with E-state index in [1.165, 1.54) is 0 Å². The zero-order chi connectivity index (χ0) is 11.5. The zero-order valence-electron chi connectivity index (χ0n) is 9.14. The van der Waals surface area contributed by atoms with Crippen LogP contribution in [0.15, 0.2) is 30.5 Å². The molecule has 16 heavy (non-hydrogen) atoms. The number of nitrogens with zero attached hydrogens (tertiary/aromatic N) is 3. The molecule has 0 N–H and O–H groups in total. The minimum atomic E-state index is 0.417. The number of rotatable bonds is 2. The first-order valence-corrected chi connectivity index (χ1v) is 4.82. The molecule has 2 aromatic rings. The minimum absolute atomic E-state index is 0.417. The topological polar surface area (TPSA) is 50.8 Å². The highest BCUT2D eigenvalue weighted by molar-refractivity contribution is 5.59. The van der Waals surface area contributed by atoms with Gasteiger partial charge in [0.25, 0.3) is 0 Å². The molecule has 0 amide bonds. The number of aryl methyl sites for hydroxylation is 1. The zero-order valence-corrected chi connectivity index (χ0v) is 9.14. The van der Waals surface area contributed by atoms with Gasteiger partial charge in [0.1, 0.15) is 17.6 Å². The highest BCUT2D eigenvalue weighted by Crippen LogP contribution is 2.22. The smallest absolute Gasteiger partial charge is 0.159 e. The molecule has 0 aliphatic rings. The summed E-state index contributed by atoms with van der Waals surface area (Å²) in [7, 11) is 3.49. The largest absolute Gasteiger partial charge is 0.497 e. The molecule has 1 aromatic carbocycles. The number of ether oxygens (including phenoxy) is 1. The van der Waals surface area contributed by atoms with Crippen molar-refractivity contribution in [2.45, 2.75) is 0 Å². The van der Waals surface area contributed by atoms with Crippen LogP contribution in [0, 0.1) is 11.3 Å².